The van der Waals surface area contributed by atoms with Crippen LogP contribution in [0.4, 0.5) is 0 Å². The number of benzene rings is 3. The summed E-state index contributed by atoms with van der Waals surface area (Å²) in [7, 11) is 3.31. The average Bonchev–Trinajstić information content (AvgIpc) is 2.84. The molecule has 1 atom stereocenters. The van der Waals surface area contributed by atoms with E-state index >= 15 is 0 Å². The molecule has 0 radical (unpaired) electrons. The molecule has 3 aromatic rings. The first-order valence-corrected chi connectivity index (χ1v) is 11.5. The van der Waals surface area contributed by atoms with E-state index in [0.717, 1.165) is 30.7 Å². The zero-order valence-corrected chi connectivity index (χ0v) is 19.8. The number of carbonyl (C=O) groups excluding carboxylic acids is 1. The van der Waals surface area contributed by atoms with Crippen molar-refractivity contribution >= 4 is 17.5 Å². The van der Waals surface area contributed by atoms with Gasteiger partial charge in [0.1, 0.15) is 0 Å². The van der Waals surface area contributed by atoms with E-state index in [4.69, 9.17) is 21.1 Å². The van der Waals surface area contributed by atoms with Crippen LogP contribution in [0.3, 0.4) is 0 Å². The lowest BCUT2D eigenvalue weighted by molar-refractivity contribution is -0.123. The molecule has 5 nitrogen and oxygen atoms in total. The van der Waals surface area contributed by atoms with Gasteiger partial charge in [0.15, 0.2) is 11.5 Å². The number of ether oxygens (including phenoxy) is 2. The van der Waals surface area contributed by atoms with Crippen LogP contribution < -0.4 is 14.8 Å². The fourth-order valence-corrected chi connectivity index (χ4v) is 4.62. The molecule has 0 spiro atoms. The van der Waals surface area contributed by atoms with Crippen molar-refractivity contribution in [3.05, 3.63) is 94.0 Å². The van der Waals surface area contributed by atoms with Crippen LogP contribution in [0.2, 0.25) is 5.02 Å². The van der Waals surface area contributed by atoms with E-state index in [1.54, 1.807) is 14.2 Å². The van der Waals surface area contributed by atoms with Crippen molar-refractivity contribution in [2.24, 2.45) is 0 Å². The highest BCUT2D eigenvalue weighted by Gasteiger charge is 2.30. The van der Waals surface area contributed by atoms with Crippen LogP contribution >= 0.6 is 11.6 Å². The first-order valence-electron chi connectivity index (χ1n) is 11.1. The van der Waals surface area contributed by atoms with E-state index in [2.05, 4.69) is 34.5 Å². The summed E-state index contributed by atoms with van der Waals surface area (Å²) < 4.78 is 11.1. The molecule has 3 aromatic carbocycles. The number of nitrogens with one attached hydrogen (secondary N) is 1. The van der Waals surface area contributed by atoms with E-state index in [1.807, 2.05) is 42.5 Å². The highest BCUT2D eigenvalue weighted by Crippen LogP contribution is 2.39. The van der Waals surface area contributed by atoms with Crippen molar-refractivity contribution in [2.75, 3.05) is 27.3 Å². The maximum atomic E-state index is 12.9. The van der Waals surface area contributed by atoms with Crippen LogP contribution in [0.15, 0.2) is 66.7 Å². The molecule has 0 fully saturated rings. The van der Waals surface area contributed by atoms with Crippen molar-refractivity contribution in [3.8, 4) is 11.5 Å². The van der Waals surface area contributed by atoms with Gasteiger partial charge in [-0.2, -0.15) is 0 Å². The number of halogens is 1. The quantitative estimate of drug-likeness (QED) is 0.519. The van der Waals surface area contributed by atoms with Gasteiger partial charge in [-0.05, 0) is 53.3 Å². The molecule has 1 heterocycles. The van der Waals surface area contributed by atoms with Gasteiger partial charge in [-0.3, -0.25) is 9.69 Å². The third kappa shape index (κ3) is 5.49. The Morgan fingerprint density at radius 3 is 2.45 bits per heavy atom. The number of fused-ring (bicyclic) bond motifs is 1. The van der Waals surface area contributed by atoms with Crippen molar-refractivity contribution in [3.63, 3.8) is 0 Å². The van der Waals surface area contributed by atoms with Crippen LogP contribution in [0, 0.1) is 0 Å². The number of hydrogen-bond acceptors (Lipinski definition) is 4. The normalized spacial score (nSPS) is 15.5. The van der Waals surface area contributed by atoms with E-state index in [9.17, 15) is 4.79 Å². The highest BCUT2D eigenvalue weighted by atomic mass is 35.5. The average molecular weight is 465 g/mol. The maximum absolute atomic E-state index is 12.9. The molecule has 33 heavy (non-hydrogen) atoms. The minimum Gasteiger partial charge on any atom is -0.493 e. The van der Waals surface area contributed by atoms with E-state index in [1.165, 1.54) is 16.7 Å². The molecule has 1 N–H and O–H groups in total. The number of hydrogen-bond donors (Lipinski definition) is 1. The third-order valence-electron chi connectivity index (χ3n) is 6.17. The van der Waals surface area contributed by atoms with Crippen molar-refractivity contribution in [2.45, 2.75) is 25.4 Å². The van der Waals surface area contributed by atoms with Crippen LogP contribution in [-0.2, 0) is 24.2 Å². The summed E-state index contributed by atoms with van der Waals surface area (Å²) in [5.74, 6) is 1.43. The number of rotatable bonds is 8. The van der Waals surface area contributed by atoms with Gasteiger partial charge in [-0.15, -0.1) is 0 Å². The fourth-order valence-electron chi connectivity index (χ4n) is 4.42. The number of nitrogens with zero attached hydrogens (tertiary/aromatic N) is 1. The van der Waals surface area contributed by atoms with Gasteiger partial charge >= 0.3 is 0 Å². The third-order valence-corrected chi connectivity index (χ3v) is 6.53. The summed E-state index contributed by atoms with van der Waals surface area (Å²) in [5, 5.41) is 3.69. The predicted octanol–water partition coefficient (Wildman–Crippen LogP) is 4.82. The molecule has 1 unspecified atom stereocenters. The first-order chi connectivity index (χ1) is 16.1. The molecule has 1 aliphatic rings. The lowest BCUT2D eigenvalue weighted by Crippen LogP contribution is -2.43. The number of carbonyl (C=O) groups is 1. The van der Waals surface area contributed by atoms with Crippen molar-refractivity contribution < 1.29 is 14.3 Å². The zero-order valence-electron chi connectivity index (χ0n) is 19.0. The molecule has 0 aliphatic carbocycles. The Labute approximate surface area is 200 Å². The lowest BCUT2D eigenvalue weighted by atomic mass is 9.88. The summed E-state index contributed by atoms with van der Waals surface area (Å²) in [4.78, 5) is 15.1. The van der Waals surface area contributed by atoms with Gasteiger partial charge in [-0.1, -0.05) is 60.1 Å². The van der Waals surface area contributed by atoms with Gasteiger partial charge < -0.3 is 14.8 Å². The van der Waals surface area contributed by atoms with Crippen LogP contribution in [0.1, 0.15) is 28.3 Å². The van der Waals surface area contributed by atoms with Crippen LogP contribution in [0.25, 0.3) is 0 Å². The Kier molecular flexibility index (Phi) is 7.53. The van der Waals surface area contributed by atoms with Gasteiger partial charge in [0.25, 0.3) is 0 Å². The fraction of sp³-hybridized carbons (Fsp3) is 0.296. The SMILES string of the molecule is COc1cc2c(cc1OC)C(Cc1ccccc1)N(CC(=O)NCc1ccccc1Cl)CC2. The number of amides is 1. The zero-order chi connectivity index (χ0) is 23.2. The minimum atomic E-state index is -0.0168. The second-order valence-electron chi connectivity index (χ2n) is 8.20. The predicted molar refractivity (Wildman–Crippen MR) is 131 cm³/mol. The second-order valence-corrected chi connectivity index (χ2v) is 8.61. The van der Waals surface area contributed by atoms with E-state index in [-0.39, 0.29) is 11.9 Å². The van der Waals surface area contributed by atoms with Crippen molar-refractivity contribution in [1.29, 1.82) is 0 Å². The molecule has 0 saturated heterocycles. The monoisotopic (exact) mass is 464 g/mol. The number of methoxy groups -OCH3 is 2. The largest absolute Gasteiger partial charge is 0.493 e. The van der Waals surface area contributed by atoms with Crippen LogP contribution in [0.5, 0.6) is 11.5 Å². The van der Waals surface area contributed by atoms with Crippen molar-refractivity contribution in [1.82, 2.24) is 10.2 Å². The molecule has 6 heteroatoms. The molecule has 0 aromatic heterocycles. The molecular formula is C27H29ClN2O3. The lowest BCUT2D eigenvalue weighted by Gasteiger charge is -2.37. The molecule has 172 valence electrons. The summed E-state index contributed by atoms with van der Waals surface area (Å²) in [6.07, 6.45) is 1.65. The first kappa shape index (κ1) is 23.1. The van der Waals surface area contributed by atoms with Gasteiger partial charge in [0.05, 0.1) is 20.8 Å². The molecule has 0 saturated carbocycles. The Morgan fingerprint density at radius 2 is 1.73 bits per heavy atom. The topological polar surface area (TPSA) is 50.8 Å². The summed E-state index contributed by atoms with van der Waals surface area (Å²) in [6.45, 7) is 1.52. The summed E-state index contributed by atoms with van der Waals surface area (Å²) in [5.41, 5.74) is 4.56. The molecule has 1 aliphatic heterocycles. The Bertz CT molecular complexity index is 1100. The van der Waals surface area contributed by atoms with Crippen LogP contribution in [-0.4, -0.2) is 38.1 Å². The van der Waals surface area contributed by atoms with E-state index in [0.29, 0.717) is 23.9 Å². The molecular weight excluding hydrogens is 436 g/mol. The maximum Gasteiger partial charge on any atom is 0.234 e. The van der Waals surface area contributed by atoms with Gasteiger partial charge in [0, 0.05) is 24.2 Å². The van der Waals surface area contributed by atoms with Gasteiger partial charge in [-0.25, -0.2) is 0 Å². The Morgan fingerprint density at radius 1 is 1.03 bits per heavy atom. The summed E-state index contributed by atoms with van der Waals surface area (Å²) >= 11 is 6.24. The molecule has 1 amide bonds. The summed E-state index contributed by atoms with van der Waals surface area (Å²) in [6, 6.07) is 22.1. The molecule has 4 rings (SSSR count). The van der Waals surface area contributed by atoms with E-state index < -0.39 is 0 Å². The Hall–Kier alpha value is -3.02. The van der Waals surface area contributed by atoms with Gasteiger partial charge in [0.2, 0.25) is 5.91 Å². The highest BCUT2D eigenvalue weighted by molar-refractivity contribution is 6.31. The smallest absolute Gasteiger partial charge is 0.234 e. The molecule has 0 bridgehead atoms. The standard InChI is InChI=1S/C27H29ClN2O3/c1-32-25-15-20-12-13-30(18-27(31)29-17-21-10-6-7-11-23(21)28)24(22(20)16-26(25)33-2)14-19-8-4-3-5-9-19/h3-11,15-16,24H,12-14,17-18H2,1-2H3,(H,29,31). The second kappa shape index (κ2) is 10.7. The minimum absolute atomic E-state index is 0.0168. The Balaban J connectivity index is 1.56.